The van der Waals surface area contributed by atoms with Crippen LogP contribution in [0.15, 0.2) is 40.9 Å². The Morgan fingerprint density at radius 3 is 2.74 bits per heavy atom. The molecule has 0 fully saturated rings. The number of halogens is 3. The zero-order chi connectivity index (χ0) is 14.0. The molecule has 0 aliphatic heterocycles. The van der Waals surface area contributed by atoms with Crippen LogP contribution in [0.2, 0.25) is 5.02 Å². The van der Waals surface area contributed by atoms with Crippen molar-refractivity contribution in [3.63, 3.8) is 0 Å². The molecule has 5 heteroatoms. The largest absolute Gasteiger partial charge is 0.497 e. The van der Waals surface area contributed by atoms with Gasteiger partial charge < -0.3 is 10.5 Å². The minimum absolute atomic E-state index is 0.349. The van der Waals surface area contributed by atoms with Crippen LogP contribution in [0.4, 0.5) is 4.39 Å². The van der Waals surface area contributed by atoms with Crippen LogP contribution in [0.25, 0.3) is 0 Å². The molecule has 2 aromatic rings. The molecule has 0 aliphatic carbocycles. The molecule has 2 N–H and O–H groups in total. The molecule has 100 valence electrons. The van der Waals surface area contributed by atoms with Crippen molar-refractivity contribution in [2.45, 2.75) is 6.04 Å². The van der Waals surface area contributed by atoms with E-state index in [1.54, 1.807) is 19.2 Å². The minimum Gasteiger partial charge on any atom is -0.497 e. The van der Waals surface area contributed by atoms with Crippen molar-refractivity contribution in [1.29, 1.82) is 0 Å². The van der Waals surface area contributed by atoms with Gasteiger partial charge in [0, 0.05) is 10.0 Å². The normalized spacial score (nSPS) is 12.3. The van der Waals surface area contributed by atoms with Crippen molar-refractivity contribution in [3.8, 4) is 5.75 Å². The molecule has 0 bridgehead atoms. The van der Waals surface area contributed by atoms with E-state index < -0.39 is 11.9 Å². The van der Waals surface area contributed by atoms with Crippen LogP contribution in [0.5, 0.6) is 5.75 Å². The highest BCUT2D eigenvalue weighted by atomic mass is 79.9. The van der Waals surface area contributed by atoms with Gasteiger partial charge in [-0.15, -0.1) is 0 Å². The lowest BCUT2D eigenvalue weighted by atomic mass is 9.99. The monoisotopic (exact) mass is 343 g/mol. The van der Waals surface area contributed by atoms with Crippen molar-refractivity contribution >= 4 is 27.5 Å². The molecule has 2 aromatic carbocycles. The van der Waals surface area contributed by atoms with Crippen LogP contribution in [0.1, 0.15) is 17.2 Å². The third-order valence-corrected chi connectivity index (χ3v) is 4.02. The number of hydrogen-bond donors (Lipinski definition) is 1. The number of ether oxygens (including phenoxy) is 1. The number of nitrogens with two attached hydrogens (primary N) is 1. The maximum absolute atomic E-state index is 13.9. The highest BCUT2D eigenvalue weighted by Crippen LogP contribution is 2.31. The van der Waals surface area contributed by atoms with Crippen LogP contribution in [0.3, 0.4) is 0 Å². The van der Waals surface area contributed by atoms with Crippen LogP contribution >= 0.6 is 27.5 Å². The third-order valence-electron chi connectivity index (χ3n) is 2.83. The van der Waals surface area contributed by atoms with Gasteiger partial charge in [0.2, 0.25) is 0 Å². The number of benzene rings is 2. The first kappa shape index (κ1) is 14.3. The molecular weight excluding hydrogens is 333 g/mol. The van der Waals surface area contributed by atoms with Crippen molar-refractivity contribution in [3.05, 3.63) is 62.8 Å². The summed E-state index contributed by atoms with van der Waals surface area (Å²) >= 11 is 9.16. The zero-order valence-corrected chi connectivity index (χ0v) is 12.5. The molecular formula is C14H12BrClFNO. The van der Waals surface area contributed by atoms with Gasteiger partial charge in [0.15, 0.2) is 0 Å². The predicted octanol–water partition coefficient (Wildman–Crippen LogP) is 4.30. The maximum atomic E-state index is 13.9. The van der Waals surface area contributed by atoms with Gasteiger partial charge in [-0.3, -0.25) is 0 Å². The summed E-state index contributed by atoms with van der Waals surface area (Å²) in [7, 11) is 1.57. The average Bonchev–Trinajstić information content (AvgIpc) is 2.42. The molecule has 0 heterocycles. The van der Waals surface area contributed by atoms with Crippen molar-refractivity contribution in [2.24, 2.45) is 5.73 Å². The summed E-state index contributed by atoms with van der Waals surface area (Å²) in [5.41, 5.74) is 7.20. The summed E-state index contributed by atoms with van der Waals surface area (Å²) in [5.74, 6) is 0.281. The van der Waals surface area contributed by atoms with Crippen LogP contribution < -0.4 is 10.5 Å². The Morgan fingerprint density at radius 1 is 1.32 bits per heavy atom. The fraction of sp³-hybridized carbons (Fsp3) is 0.143. The Hall–Kier alpha value is -1.10. The van der Waals surface area contributed by atoms with Gasteiger partial charge in [-0.2, -0.15) is 0 Å². The van der Waals surface area contributed by atoms with Gasteiger partial charge in [0.05, 0.1) is 18.2 Å². The zero-order valence-electron chi connectivity index (χ0n) is 10.2. The lowest BCUT2D eigenvalue weighted by molar-refractivity contribution is 0.414. The maximum Gasteiger partial charge on any atom is 0.129 e. The van der Waals surface area contributed by atoms with Gasteiger partial charge in [-0.05, 0) is 45.8 Å². The third kappa shape index (κ3) is 3.08. The first-order valence-corrected chi connectivity index (χ1v) is 6.74. The molecule has 0 saturated heterocycles. The summed E-state index contributed by atoms with van der Waals surface area (Å²) in [6.45, 7) is 0. The Kier molecular flexibility index (Phi) is 4.45. The lowest BCUT2D eigenvalue weighted by Crippen LogP contribution is -2.13. The van der Waals surface area contributed by atoms with Crippen molar-refractivity contribution in [2.75, 3.05) is 7.11 Å². The Balaban J connectivity index is 2.43. The smallest absolute Gasteiger partial charge is 0.129 e. The highest BCUT2D eigenvalue weighted by molar-refractivity contribution is 9.10. The second-order valence-electron chi connectivity index (χ2n) is 4.04. The van der Waals surface area contributed by atoms with E-state index in [9.17, 15) is 4.39 Å². The van der Waals surface area contributed by atoms with Crippen LogP contribution in [-0.2, 0) is 0 Å². The molecule has 0 amide bonds. The minimum atomic E-state index is -0.597. The summed E-state index contributed by atoms with van der Waals surface area (Å²) < 4.78 is 19.6. The topological polar surface area (TPSA) is 35.2 Å². The van der Waals surface area contributed by atoms with E-state index in [1.807, 2.05) is 12.1 Å². The average molecular weight is 345 g/mol. The van der Waals surface area contributed by atoms with E-state index in [-0.39, 0.29) is 0 Å². The fourth-order valence-electron chi connectivity index (χ4n) is 1.79. The van der Waals surface area contributed by atoms with Crippen molar-refractivity contribution in [1.82, 2.24) is 0 Å². The molecule has 1 atom stereocenters. The van der Waals surface area contributed by atoms with E-state index in [2.05, 4.69) is 15.9 Å². The first-order chi connectivity index (χ1) is 9.02. The second-order valence-corrected chi connectivity index (χ2v) is 5.30. The predicted molar refractivity (Wildman–Crippen MR) is 78.1 cm³/mol. The molecule has 2 rings (SSSR count). The number of hydrogen-bond acceptors (Lipinski definition) is 2. The van der Waals surface area contributed by atoms with Gasteiger partial charge in [-0.25, -0.2) is 4.39 Å². The van der Waals surface area contributed by atoms with E-state index in [0.717, 1.165) is 5.56 Å². The molecule has 0 spiro atoms. The molecule has 0 saturated carbocycles. The molecule has 19 heavy (non-hydrogen) atoms. The van der Waals surface area contributed by atoms with E-state index in [4.69, 9.17) is 22.1 Å². The summed E-state index contributed by atoms with van der Waals surface area (Å²) in [6.07, 6.45) is 0. The molecule has 1 unspecified atom stereocenters. The standard InChI is InChI=1S/C14H12BrClFNO/c1-19-9-4-2-3-8(5-9)14(18)10-6-12(16)11(15)7-13(10)17/h2-7,14H,18H2,1H3. The Labute approximate surface area is 124 Å². The highest BCUT2D eigenvalue weighted by Gasteiger charge is 2.16. The van der Waals surface area contributed by atoms with E-state index in [0.29, 0.717) is 20.8 Å². The quantitative estimate of drug-likeness (QED) is 0.843. The van der Waals surface area contributed by atoms with Crippen LogP contribution in [0, 0.1) is 5.82 Å². The summed E-state index contributed by atoms with van der Waals surface area (Å²) in [4.78, 5) is 0. The van der Waals surface area contributed by atoms with Gasteiger partial charge >= 0.3 is 0 Å². The molecule has 2 nitrogen and oxygen atoms in total. The van der Waals surface area contributed by atoms with E-state index in [1.165, 1.54) is 12.1 Å². The number of rotatable bonds is 3. The fourth-order valence-corrected chi connectivity index (χ4v) is 2.28. The van der Waals surface area contributed by atoms with Gasteiger partial charge in [0.1, 0.15) is 11.6 Å². The van der Waals surface area contributed by atoms with Gasteiger partial charge in [0.25, 0.3) is 0 Å². The molecule has 0 aromatic heterocycles. The Bertz CT molecular complexity index is 606. The lowest BCUT2D eigenvalue weighted by Gasteiger charge is -2.15. The second kappa shape index (κ2) is 5.90. The summed E-state index contributed by atoms with van der Waals surface area (Å²) in [6, 6.07) is 9.47. The SMILES string of the molecule is COc1cccc(C(N)c2cc(Cl)c(Br)cc2F)c1. The summed E-state index contributed by atoms with van der Waals surface area (Å²) in [5, 5.41) is 0.426. The molecule has 0 aliphatic rings. The number of methoxy groups -OCH3 is 1. The van der Waals surface area contributed by atoms with Gasteiger partial charge in [-0.1, -0.05) is 23.7 Å². The Morgan fingerprint density at radius 2 is 2.05 bits per heavy atom. The first-order valence-electron chi connectivity index (χ1n) is 5.57. The van der Waals surface area contributed by atoms with Crippen LogP contribution in [-0.4, -0.2) is 7.11 Å². The molecule has 0 radical (unpaired) electrons. The van der Waals surface area contributed by atoms with E-state index >= 15 is 0 Å². The van der Waals surface area contributed by atoms with Crippen molar-refractivity contribution < 1.29 is 9.13 Å².